The van der Waals surface area contributed by atoms with Gasteiger partial charge in [-0.05, 0) is 30.4 Å². The number of carbonyl (C=O) groups is 3. The molecule has 0 spiro atoms. The number of hydrogen-bond acceptors (Lipinski definition) is 7. The van der Waals surface area contributed by atoms with Crippen molar-refractivity contribution >= 4 is 28.9 Å². The van der Waals surface area contributed by atoms with E-state index in [0.717, 1.165) is 21.7 Å². The van der Waals surface area contributed by atoms with Crippen LogP contribution >= 0.6 is 11.3 Å². The molecule has 9 heteroatoms. The van der Waals surface area contributed by atoms with E-state index in [1.165, 1.54) is 4.90 Å². The van der Waals surface area contributed by atoms with Crippen LogP contribution in [0.2, 0.25) is 0 Å². The van der Waals surface area contributed by atoms with Crippen LogP contribution in [0.5, 0.6) is 0 Å². The third kappa shape index (κ3) is 6.57. The van der Waals surface area contributed by atoms with E-state index in [0.29, 0.717) is 6.42 Å². The fourth-order valence-electron chi connectivity index (χ4n) is 4.47. The number of aryl methyl sites for hydroxylation is 1. The average Bonchev–Trinajstić information content (AvgIpc) is 3.43. The normalized spacial score (nSPS) is 19.7. The lowest BCUT2D eigenvalue weighted by Crippen LogP contribution is -2.57. The van der Waals surface area contributed by atoms with Gasteiger partial charge in [0.2, 0.25) is 11.8 Å². The SMILES string of the molecule is CCC(=O)CNC(C(=O)N1C[C@H](O)C[C@H]1C(=O)N[C@@H](C)c1ccc(-c2scnc2C)cc1)C(C)(C)C. The van der Waals surface area contributed by atoms with Crippen molar-refractivity contribution in [1.29, 1.82) is 0 Å². The van der Waals surface area contributed by atoms with Gasteiger partial charge in [0.15, 0.2) is 0 Å². The molecule has 0 saturated carbocycles. The topological polar surface area (TPSA) is 112 Å². The number of β-amino-alcohol motifs (C(OH)–C–C–N with tert-alkyl or cyclic N) is 1. The maximum atomic E-state index is 13.5. The van der Waals surface area contributed by atoms with Gasteiger partial charge in [-0.1, -0.05) is 52.0 Å². The Morgan fingerprint density at radius 1 is 1.22 bits per heavy atom. The molecule has 2 heterocycles. The quantitative estimate of drug-likeness (QED) is 0.474. The average molecular weight is 515 g/mol. The minimum atomic E-state index is -0.778. The Hall–Kier alpha value is -2.62. The van der Waals surface area contributed by atoms with Crippen molar-refractivity contribution in [2.75, 3.05) is 13.1 Å². The molecule has 0 radical (unpaired) electrons. The van der Waals surface area contributed by atoms with Crippen LogP contribution in [0.4, 0.5) is 0 Å². The van der Waals surface area contributed by atoms with Gasteiger partial charge in [0.1, 0.15) is 11.8 Å². The lowest BCUT2D eigenvalue weighted by atomic mass is 9.85. The lowest BCUT2D eigenvalue weighted by molar-refractivity contribution is -0.142. The van der Waals surface area contributed by atoms with E-state index in [9.17, 15) is 19.5 Å². The van der Waals surface area contributed by atoms with Gasteiger partial charge in [-0.2, -0.15) is 0 Å². The molecular weight excluding hydrogens is 476 g/mol. The first-order valence-electron chi connectivity index (χ1n) is 12.5. The fourth-order valence-corrected chi connectivity index (χ4v) is 5.28. The zero-order valence-corrected chi connectivity index (χ0v) is 22.8. The summed E-state index contributed by atoms with van der Waals surface area (Å²) < 4.78 is 0. The van der Waals surface area contributed by atoms with Gasteiger partial charge >= 0.3 is 0 Å². The summed E-state index contributed by atoms with van der Waals surface area (Å²) in [5.41, 5.74) is 4.35. The van der Waals surface area contributed by atoms with Crippen LogP contribution in [-0.4, -0.2) is 63.9 Å². The highest BCUT2D eigenvalue weighted by Crippen LogP contribution is 2.29. The molecule has 4 atom stereocenters. The van der Waals surface area contributed by atoms with Crippen molar-refractivity contribution in [3.05, 3.63) is 41.0 Å². The molecule has 2 amide bonds. The number of likely N-dealkylation sites (tertiary alicyclic amines) is 1. The van der Waals surface area contributed by atoms with Crippen LogP contribution < -0.4 is 10.6 Å². The zero-order valence-electron chi connectivity index (χ0n) is 22.0. The predicted octanol–water partition coefficient (Wildman–Crippen LogP) is 3.24. The number of Topliss-reactive ketones (excluding diaryl/α,β-unsaturated/α-hetero) is 1. The molecule has 8 nitrogen and oxygen atoms in total. The number of aliphatic hydroxyl groups excluding tert-OH is 1. The number of aliphatic hydroxyl groups is 1. The van der Waals surface area contributed by atoms with Crippen molar-refractivity contribution in [1.82, 2.24) is 20.5 Å². The van der Waals surface area contributed by atoms with Crippen LogP contribution in [0.25, 0.3) is 10.4 Å². The second-order valence-electron chi connectivity index (χ2n) is 10.6. The summed E-state index contributed by atoms with van der Waals surface area (Å²) in [6.45, 7) is 11.6. The number of hydrogen-bond donors (Lipinski definition) is 3. The minimum Gasteiger partial charge on any atom is -0.391 e. The van der Waals surface area contributed by atoms with E-state index in [2.05, 4.69) is 15.6 Å². The summed E-state index contributed by atoms with van der Waals surface area (Å²) >= 11 is 1.59. The maximum absolute atomic E-state index is 13.5. The third-order valence-corrected chi connectivity index (χ3v) is 7.63. The Bertz CT molecular complexity index is 1080. The summed E-state index contributed by atoms with van der Waals surface area (Å²) in [6.07, 6.45) is -0.216. The van der Waals surface area contributed by atoms with Gasteiger partial charge in [0, 0.05) is 19.4 Å². The lowest BCUT2D eigenvalue weighted by Gasteiger charge is -2.35. The highest BCUT2D eigenvalue weighted by atomic mass is 32.1. The number of aromatic nitrogens is 1. The molecule has 2 aromatic rings. The minimum absolute atomic E-state index is 0.0122. The van der Waals surface area contributed by atoms with Gasteiger partial charge in [0.05, 0.1) is 40.8 Å². The number of benzene rings is 1. The van der Waals surface area contributed by atoms with E-state index in [-0.39, 0.29) is 43.1 Å². The number of nitrogens with one attached hydrogen (secondary N) is 2. The molecule has 3 N–H and O–H groups in total. The van der Waals surface area contributed by atoms with Gasteiger partial charge in [0.25, 0.3) is 0 Å². The highest BCUT2D eigenvalue weighted by molar-refractivity contribution is 7.13. The summed E-state index contributed by atoms with van der Waals surface area (Å²) in [4.78, 5) is 45.6. The Kier molecular flexibility index (Phi) is 9.03. The molecule has 1 unspecified atom stereocenters. The van der Waals surface area contributed by atoms with E-state index < -0.39 is 23.6 Å². The van der Waals surface area contributed by atoms with E-state index in [1.54, 1.807) is 18.3 Å². The van der Waals surface area contributed by atoms with E-state index in [1.807, 2.05) is 64.4 Å². The van der Waals surface area contributed by atoms with Crippen LogP contribution in [0.15, 0.2) is 29.8 Å². The number of rotatable bonds is 9. The number of carbonyl (C=O) groups excluding carboxylic acids is 3. The molecule has 36 heavy (non-hydrogen) atoms. The first-order chi connectivity index (χ1) is 16.9. The van der Waals surface area contributed by atoms with E-state index in [4.69, 9.17) is 0 Å². The molecule has 1 saturated heterocycles. The van der Waals surface area contributed by atoms with Gasteiger partial charge in [-0.3, -0.25) is 19.7 Å². The Morgan fingerprint density at radius 2 is 1.89 bits per heavy atom. The van der Waals surface area contributed by atoms with Gasteiger partial charge in [-0.25, -0.2) is 4.98 Å². The molecule has 196 valence electrons. The van der Waals surface area contributed by atoms with Crippen molar-refractivity contribution in [2.24, 2.45) is 5.41 Å². The zero-order chi connectivity index (χ0) is 26.6. The summed E-state index contributed by atoms with van der Waals surface area (Å²) in [5.74, 6) is -0.565. The van der Waals surface area contributed by atoms with Crippen molar-refractivity contribution in [3.8, 4) is 10.4 Å². The Morgan fingerprint density at radius 3 is 2.44 bits per heavy atom. The number of thiazole rings is 1. The first-order valence-corrected chi connectivity index (χ1v) is 13.3. The molecular formula is C27H38N4O4S. The molecule has 3 rings (SSSR count). The van der Waals surface area contributed by atoms with Crippen LogP contribution in [0.1, 0.15) is 64.8 Å². The highest BCUT2D eigenvalue weighted by Gasteiger charge is 2.44. The number of ketones is 1. The first kappa shape index (κ1) is 28.0. The van der Waals surface area contributed by atoms with Gasteiger partial charge < -0.3 is 15.3 Å². The molecule has 1 aliphatic rings. The molecule has 0 bridgehead atoms. The van der Waals surface area contributed by atoms with Crippen molar-refractivity contribution < 1.29 is 19.5 Å². The Labute approximate surface area is 217 Å². The standard InChI is InChI=1S/C27H38N4O4S/c1-7-20(32)13-28-24(27(4,5)6)26(35)31-14-21(33)12-22(31)25(34)30-16(2)18-8-10-19(11-9-18)23-17(3)29-15-36-23/h8-11,15-16,21-22,24,28,33H,7,12-14H2,1-6H3,(H,30,34)/t16-,21+,22-,24?/m0/s1. The third-order valence-electron chi connectivity index (χ3n) is 6.65. The molecule has 1 aromatic heterocycles. The second-order valence-corrected chi connectivity index (χ2v) is 11.4. The number of nitrogens with zero attached hydrogens (tertiary/aromatic N) is 2. The molecule has 1 aliphatic heterocycles. The molecule has 0 aliphatic carbocycles. The predicted molar refractivity (Wildman–Crippen MR) is 142 cm³/mol. The van der Waals surface area contributed by atoms with Crippen LogP contribution in [0, 0.1) is 12.3 Å². The van der Waals surface area contributed by atoms with E-state index >= 15 is 0 Å². The maximum Gasteiger partial charge on any atom is 0.243 e. The summed E-state index contributed by atoms with van der Waals surface area (Å²) in [5, 5.41) is 16.5. The van der Waals surface area contributed by atoms with Crippen molar-refractivity contribution in [3.63, 3.8) is 0 Å². The molecule has 1 fully saturated rings. The smallest absolute Gasteiger partial charge is 0.243 e. The van der Waals surface area contributed by atoms with Crippen LogP contribution in [-0.2, 0) is 14.4 Å². The van der Waals surface area contributed by atoms with Gasteiger partial charge in [-0.15, -0.1) is 11.3 Å². The van der Waals surface area contributed by atoms with Crippen molar-refractivity contribution in [2.45, 2.75) is 78.6 Å². The fraction of sp³-hybridized carbons (Fsp3) is 0.556. The number of amides is 2. The van der Waals surface area contributed by atoms with Crippen LogP contribution in [0.3, 0.4) is 0 Å². The summed E-state index contributed by atoms with van der Waals surface area (Å²) in [6, 6.07) is 6.29. The largest absolute Gasteiger partial charge is 0.391 e. The second kappa shape index (κ2) is 11.6. The summed E-state index contributed by atoms with van der Waals surface area (Å²) in [7, 11) is 0. The molecule has 1 aromatic carbocycles. The monoisotopic (exact) mass is 514 g/mol. The Balaban J connectivity index is 1.71.